The fourth-order valence-electron chi connectivity index (χ4n) is 2.73. The van der Waals surface area contributed by atoms with Crippen LogP contribution >= 0.6 is 0 Å². The first-order valence-corrected chi connectivity index (χ1v) is 5.05. The average molecular weight is 170 g/mol. The van der Waals surface area contributed by atoms with E-state index in [4.69, 9.17) is 4.74 Å². The van der Waals surface area contributed by atoms with Gasteiger partial charge in [-0.1, -0.05) is 6.92 Å². The van der Waals surface area contributed by atoms with E-state index in [-0.39, 0.29) is 6.10 Å². The third-order valence-corrected chi connectivity index (χ3v) is 3.65. The zero-order valence-electron chi connectivity index (χ0n) is 7.70. The molecule has 0 spiro atoms. The highest BCUT2D eigenvalue weighted by atomic mass is 16.5. The summed E-state index contributed by atoms with van der Waals surface area (Å²) in [4.78, 5) is 0. The van der Waals surface area contributed by atoms with Crippen LogP contribution in [0.2, 0.25) is 0 Å². The summed E-state index contributed by atoms with van der Waals surface area (Å²) in [7, 11) is 0. The van der Waals surface area contributed by atoms with E-state index in [1.54, 1.807) is 0 Å². The monoisotopic (exact) mass is 170 g/mol. The van der Waals surface area contributed by atoms with Gasteiger partial charge in [-0.3, -0.25) is 0 Å². The molecule has 70 valence electrons. The standard InChI is InChI=1S/C10H18O2/c1-7-9(2-3-10(7)11)8-4-5-12-6-8/h7-11H,2-6H2,1H3. The van der Waals surface area contributed by atoms with Gasteiger partial charge in [0.1, 0.15) is 0 Å². The van der Waals surface area contributed by atoms with Crippen LogP contribution in [-0.4, -0.2) is 24.4 Å². The molecule has 1 aliphatic carbocycles. The molecule has 0 radical (unpaired) electrons. The number of rotatable bonds is 1. The molecule has 2 heteroatoms. The van der Waals surface area contributed by atoms with Crippen molar-refractivity contribution in [3.63, 3.8) is 0 Å². The Morgan fingerprint density at radius 2 is 2.08 bits per heavy atom. The Morgan fingerprint density at radius 3 is 2.58 bits per heavy atom. The maximum Gasteiger partial charge on any atom is 0.0568 e. The molecular weight excluding hydrogens is 152 g/mol. The van der Waals surface area contributed by atoms with Gasteiger partial charge < -0.3 is 9.84 Å². The first-order chi connectivity index (χ1) is 5.79. The quantitative estimate of drug-likeness (QED) is 0.645. The Kier molecular flexibility index (Phi) is 2.37. The minimum atomic E-state index is -0.0457. The SMILES string of the molecule is CC1C(O)CCC1C1CCOC1. The predicted octanol–water partition coefficient (Wildman–Crippen LogP) is 1.43. The smallest absolute Gasteiger partial charge is 0.0568 e. The molecule has 0 bridgehead atoms. The van der Waals surface area contributed by atoms with Gasteiger partial charge in [0.2, 0.25) is 0 Å². The molecule has 4 unspecified atom stereocenters. The van der Waals surface area contributed by atoms with Crippen LogP contribution in [0.1, 0.15) is 26.2 Å². The summed E-state index contributed by atoms with van der Waals surface area (Å²) < 4.78 is 5.37. The molecule has 0 aromatic heterocycles. The lowest BCUT2D eigenvalue weighted by Crippen LogP contribution is -2.22. The zero-order valence-corrected chi connectivity index (χ0v) is 7.70. The molecular formula is C10H18O2. The van der Waals surface area contributed by atoms with Gasteiger partial charge in [0.15, 0.2) is 0 Å². The second-order valence-corrected chi connectivity index (χ2v) is 4.29. The first kappa shape index (κ1) is 8.52. The summed E-state index contributed by atoms with van der Waals surface area (Å²) in [6.45, 7) is 4.05. The van der Waals surface area contributed by atoms with Crippen LogP contribution in [0.15, 0.2) is 0 Å². The number of hydrogen-bond acceptors (Lipinski definition) is 2. The Labute approximate surface area is 73.9 Å². The van der Waals surface area contributed by atoms with E-state index < -0.39 is 0 Å². The molecule has 1 heterocycles. The van der Waals surface area contributed by atoms with Crippen molar-refractivity contribution in [3.8, 4) is 0 Å². The topological polar surface area (TPSA) is 29.5 Å². The summed E-state index contributed by atoms with van der Waals surface area (Å²) in [5.41, 5.74) is 0. The highest BCUT2D eigenvalue weighted by Gasteiger charge is 2.37. The Bertz CT molecular complexity index is 152. The predicted molar refractivity (Wildman–Crippen MR) is 46.8 cm³/mol. The summed E-state index contributed by atoms with van der Waals surface area (Å²) >= 11 is 0. The van der Waals surface area contributed by atoms with E-state index in [2.05, 4.69) is 6.92 Å². The van der Waals surface area contributed by atoms with Crippen molar-refractivity contribution in [2.75, 3.05) is 13.2 Å². The van der Waals surface area contributed by atoms with Crippen molar-refractivity contribution in [1.29, 1.82) is 0 Å². The summed E-state index contributed by atoms with van der Waals surface area (Å²) in [6.07, 6.45) is 3.37. The molecule has 12 heavy (non-hydrogen) atoms. The van der Waals surface area contributed by atoms with Crippen LogP contribution < -0.4 is 0 Å². The highest BCUT2D eigenvalue weighted by Crippen LogP contribution is 2.39. The van der Waals surface area contributed by atoms with Gasteiger partial charge in [-0.05, 0) is 37.0 Å². The number of ether oxygens (including phenoxy) is 1. The molecule has 2 fully saturated rings. The number of aliphatic hydroxyl groups excluding tert-OH is 1. The van der Waals surface area contributed by atoms with Gasteiger partial charge in [-0.2, -0.15) is 0 Å². The van der Waals surface area contributed by atoms with Gasteiger partial charge in [0, 0.05) is 13.2 Å². The Balaban J connectivity index is 1.95. The van der Waals surface area contributed by atoms with Crippen molar-refractivity contribution in [1.82, 2.24) is 0 Å². The molecule has 2 nitrogen and oxygen atoms in total. The fourth-order valence-corrected chi connectivity index (χ4v) is 2.73. The van der Waals surface area contributed by atoms with Gasteiger partial charge in [0.05, 0.1) is 6.10 Å². The summed E-state index contributed by atoms with van der Waals surface area (Å²) in [5, 5.41) is 9.59. The lowest BCUT2D eigenvalue weighted by Gasteiger charge is -2.22. The molecule has 0 aromatic rings. The second kappa shape index (κ2) is 3.35. The molecule has 4 atom stereocenters. The van der Waals surface area contributed by atoms with E-state index in [1.165, 1.54) is 12.8 Å². The lowest BCUT2D eigenvalue weighted by atomic mass is 9.84. The fraction of sp³-hybridized carbons (Fsp3) is 1.00. The maximum atomic E-state index is 9.59. The molecule has 2 rings (SSSR count). The van der Waals surface area contributed by atoms with Crippen molar-refractivity contribution < 1.29 is 9.84 Å². The molecule has 1 N–H and O–H groups in total. The van der Waals surface area contributed by atoms with Crippen molar-refractivity contribution in [2.45, 2.75) is 32.3 Å². The van der Waals surface area contributed by atoms with Crippen LogP contribution in [0.25, 0.3) is 0 Å². The maximum absolute atomic E-state index is 9.59. The highest BCUT2D eigenvalue weighted by molar-refractivity contribution is 4.87. The van der Waals surface area contributed by atoms with Crippen molar-refractivity contribution >= 4 is 0 Å². The van der Waals surface area contributed by atoms with Gasteiger partial charge in [0.25, 0.3) is 0 Å². The molecule has 1 saturated heterocycles. The average Bonchev–Trinajstić information content (AvgIpc) is 2.64. The molecule has 1 saturated carbocycles. The van der Waals surface area contributed by atoms with Gasteiger partial charge in [-0.15, -0.1) is 0 Å². The largest absolute Gasteiger partial charge is 0.393 e. The summed E-state index contributed by atoms with van der Waals surface area (Å²) in [5.74, 6) is 1.95. The van der Waals surface area contributed by atoms with Crippen LogP contribution in [-0.2, 0) is 4.74 Å². The van der Waals surface area contributed by atoms with Crippen molar-refractivity contribution in [2.24, 2.45) is 17.8 Å². The molecule has 1 aliphatic heterocycles. The Hall–Kier alpha value is -0.0800. The second-order valence-electron chi connectivity index (χ2n) is 4.29. The Morgan fingerprint density at radius 1 is 1.25 bits per heavy atom. The van der Waals surface area contributed by atoms with Gasteiger partial charge >= 0.3 is 0 Å². The first-order valence-electron chi connectivity index (χ1n) is 5.05. The van der Waals surface area contributed by atoms with E-state index in [0.29, 0.717) is 5.92 Å². The van der Waals surface area contributed by atoms with Gasteiger partial charge in [-0.25, -0.2) is 0 Å². The van der Waals surface area contributed by atoms with Crippen LogP contribution in [0.3, 0.4) is 0 Å². The van der Waals surface area contributed by atoms with E-state index in [1.807, 2.05) is 0 Å². The summed E-state index contributed by atoms with van der Waals surface area (Å²) in [6, 6.07) is 0. The molecule has 0 amide bonds. The number of aliphatic hydroxyl groups is 1. The van der Waals surface area contributed by atoms with Crippen LogP contribution in [0.5, 0.6) is 0 Å². The molecule has 2 aliphatic rings. The van der Waals surface area contributed by atoms with Crippen LogP contribution in [0, 0.1) is 17.8 Å². The minimum absolute atomic E-state index is 0.0457. The van der Waals surface area contributed by atoms with Crippen molar-refractivity contribution in [3.05, 3.63) is 0 Å². The lowest BCUT2D eigenvalue weighted by molar-refractivity contribution is 0.106. The van der Waals surface area contributed by atoms with Crippen LogP contribution in [0.4, 0.5) is 0 Å². The minimum Gasteiger partial charge on any atom is -0.393 e. The zero-order chi connectivity index (χ0) is 8.55. The normalized spacial score (nSPS) is 48.5. The third-order valence-electron chi connectivity index (χ3n) is 3.65. The van der Waals surface area contributed by atoms with E-state index >= 15 is 0 Å². The van der Waals surface area contributed by atoms with E-state index in [9.17, 15) is 5.11 Å². The molecule has 0 aromatic carbocycles. The third kappa shape index (κ3) is 1.38. The van der Waals surface area contributed by atoms with E-state index in [0.717, 1.165) is 31.5 Å². The number of hydrogen-bond donors (Lipinski definition) is 1.